The zero-order chi connectivity index (χ0) is 15.1. The Morgan fingerprint density at radius 3 is 2.85 bits per heavy atom. The number of hydrogen-bond acceptors (Lipinski definition) is 4. The highest BCUT2D eigenvalue weighted by Crippen LogP contribution is 2.18. The molecule has 20 heavy (non-hydrogen) atoms. The summed E-state index contributed by atoms with van der Waals surface area (Å²) in [5.41, 5.74) is -0.669. The van der Waals surface area contributed by atoms with Crippen molar-refractivity contribution in [1.29, 1.82) is 0 Å². The third-order valence-corrected chi connectivity index (χ3v) is 2.59. The topological polar surface area (TPSA) is 72.7 Å². The standard InChI is InChI=1S/C13H15FN2O4/c1-3-6-15(7-8-20-2)13(17)11-9-10(16(18)19)4-5-12(11)14/h3-5,9H,1,6-8H2,2H3. The number of halogens is 1. The maximum atomic E-state index is 13.7. The van der Waals surface area contributed by atoms with E-state index in [0.717, 1.165) is 18.2 Å². The van der Waals surface area contributed by atoms with Gasteiger partial charge >= 0.3 is 0 Å². The fraction of sp³-hybridized carbons (Fsp3) is 0.308. The van der Waals surface area contributed by atoms with Crippen LogP contribution in [0, 0.1) is 15.9 Å². The summed E-state index contributed by atoms with van der Waals surface area (Å²) in [6, 6.07) is 2.85. The van der Waals surface area contributed by atoms with Gasteiger partial charge in [-0.1, -0.05) is 6.08 Å². The first-order valence-electron chi connectivity index (χ1n) is 5.84. The Hall–Kier alpha value is -2.28. The average Bonchev–Trinajstić information content (AvgIpc) is 2.43. The Balaban J connectivity index is 3.06. The number of non-ortho nitro benzene ring substituents is 1. The molecule has 0 atom stereocenters. The molecular formula is C13H15FN2O4. The van der Waals surface area contributed by atoms with E-state index in [4.69, 9.17) is 4.74 Å². The lowest BCUT2D eigenvalue weighted by molar-refractivity contribution is -0.384. The molecule has 0 saturated heterocycles. The van der Waals surface area contributed by atoms with Gasteiger partial charge in [-0.25, -0.2) is 4.39 Å². The van der Waals surface area contributed by atoms with Crippen molar-refractivity contribution in [3.05, 3.63) is 52.3 Å². The van der Waals surface area contributed by atoms with Gasteiger partial charge in [-0.3, -0.25) is 14.9 Å². The second-order valence-electron chi connectivity index (χ2n) is 3.95. The van der Waals surface area contributed by atoms with Gasteiger partial charge in [0, 0.05) is 32.3 Å². The molecule has 0 radical (unpaired) electrons. The second-order valence-corrected chi connectivity index (χ2v) is 3.95. The van der Waals surface area contributed by atoms with Gasteiger partial charge in [0.2, 0.25) is 0 Å². The fourth-order valence-electron chi connectivity index (χ4n) is 1.59. The minimum Gasteiger partial charge on any atom is -0.383 e. The van der Waals surface area contributed by atoms with Crippen molar-refractivity contribution in [3.63, 3.8) is 0 Å². The molecule has 0 aliphatic heterocycles. The van der Waals surface area contributed by atoms with Gasteiger partial charge in [-0.2, -0.15) is 0 Å². The van der Waals surface area contributed by atoms with E-state index in [1.165, 1.54) is 18.1 Å². The van der Waals surface area contributed by atoms with Crippen molar-refractivity contribution >= 4 is 11.6 Å². The predicted octanol–water partition coefficient (Wildman–Crippen LogP) is 2.01. The molecule has 6 nitrogen and oxygen atoms in total. The van der Waals surface area contributed by atoms with Crippen LogP contribution in [0.2, 0.25) is 0 Å². The Morgan fingerprint density at radius 2 is 2.30 bits per heavy atom. The van der Waals surface area contributed by atoms with Gasteiger partial charge in [0.05, 0.1) is 17.1 Å². The molecule has 108 valence electrons. The van der Waals surface area contributed by atoms with Crippen LogP contribution in [0.1, 0.15) is 10.4 Å². The zero-order valence-corrected chi connectivity index (χ0v) is 11.0. The molecule has 0 aliphatic carbocycles. The number of hydrogen-bond donors (Lipinski definition) is 0. The van der Waals surface area contributed by atoms with E-state index in [2.05, 4.69) is 6.58 Å². The minimum atomic E-state index is -0.799. The summed E-state index contributed by atoms with van der Waals surface area (Å²) in [4.78, 5) is 23.5. The van der Waals surface area contributed by atoms with E-state index in [1.54, 1.807) is 0 Å². The zero-order valence-electron chi connectivity index (χ0n) is 11.0. The highest BCUT2D eigenvalue weighted by Gasteiger charge is 2.21. The van der Waals surface area contributed by atoms with E-state index >= 15 is 0 Å². The SMILES string of the molecule is C=CCN(CCOC)C(=O)c1cc([N+](=O)[O-])ccc1F. The molecular weight excluding hydrogens is 267 g/mol. The Labute approximate surface area is 115 Å². The quantitative estimate of drug-likeness (QED) is 0.435. The number of nitro benzene ring substituents is 1. The van der Waals surface area contributed by atoms with Crippen LogP contribution in [-0.4, -0.2) is 42.5 Å². The number of nitrogens with zero attached hydrogens (tertiary/aromatic N) is 2. The molecule has 1 amide bonds. The second kappa shape index (κ2) is 7.34. The van der Waals surface area contributed by atoms with Gasteiger partial charge in [0.1, 0.15) is 5.82 Å². The number of amides is 1. The largest absolute Gasteiger partial charge is 0.383 e. The van der Waals surface area contributed by atoms with Crippen LogP contribution in [0.3, 0.4) is 0 Å². The number of carbonyl (C=O) groups is 1. The van der Waals surface area contributed by atoms with Crippen LogP contribution in [-0.2, 0) is 4.74 Å². The van der Waals surface area contributed by atoms with E-state index in [9.17, 15) is 19.3 Å². The van der Waals surface area contributed by atoms with Crippen molar-refractivity contribution in [2.24, 2.45) is 0 Å². The Morgan fingerprint density at radius 1 is 1.60 bits per heavy atom. The van der Waals surface area contributed by atoms with Gasteiger partial charge in [0.15, 0.2) is 0 Å². The molecule has 0 heterocycles. The number of benzene rings is 1. The summed E-state index contributed by atoms with van der Waals surface area (Å²) < 4.78 is 18.5. The first kappa shape index (κ1) is 15.8. The Bertz CT molecular complexity index is 519. The van der Waals surface area contributed by atoms with Gasteiger partial charge in [0.25, 0.3) is 11.6 Å². The van der Waals surface area contributed by atoms with Crippen LogP contribution >= 0.6 is 0 Å². The van der Waals surface area contributed by atoms with Crippen molar-refractivity contribution in [3.8, 4) is 0 Å². The minimum absolute atomic E-state index is 0.199. The van der Waals surface area contributed by atoms with Crippen molar-refractivity contribution in [2.45, 2.75) is 0 Å². The first-order chi connectivity index (χ1) is 9.51. The molecule has 0 N–H and O–H groups in total. The lowest BCUT2D eigenvalue weighted by Crippen LogP contribution is -2.34. The number of rotatable bonds is 7. The molecule has 7 heteroatoms. The van der Waals surface area contributed by atoms with Crippen molar-refractivity contribution in [2.75, 3.05) is 26.8 Å². The van der Waals surface area contributed by atoms with Crippen LogP contribution in [0.4, 0.5) is 10.1 Å². The lowest BCUT2D eigenvalue weighted by atomic mass is 10.1. The van der Waals surface area contributed by atoms with Crippen molar-refractivity contribution < 1.29 is 18.8 Å². The van der Waals surface area contributed by atoms with Gasteiger partial charge in [-0.05, 0) is 6.07 Å². The lowest BCUT2D eigenvalue weighted by Gasteiger charge is -2.20. The summed E-state index contributed by atoms with van der Waals surface area (Å²) >= 11 is 0. The summed E-state index contributed by atoms with van der Waals surface area (Å²) in [6.45, 7) is 4.23. The molecule has 1 rings (SSSR count). The normalized spacial score (nSPS) is 10.1. The smallest absolute Gasteiger partial charge is 0.270 e. The maximum absolute atomic E-state index is 13.7. The van der Waals surface area contributed by atoms with E-state index < -0.39 is 16.6 Å². The maximum Gasteiger partial charge on any atom is 0.270 e. The number of methoxy groups -OCH3 is 1. The molecule has 0 fully saturated rings. The number of nitro groups is 1. The molecule has 1 aromatic carbocycles. The van der Waals surface area contributed by atoms with E-state index in [0.29, 0.717) is 0 Å². The highest BCUT2D eigenvalue weighted by molar-refractivity contribution is 5.95. The van der Waals surface area contributed by atoms with E-state index in [1.807, 2.05) is 0 Å². The number of carbonyl (C=O) groups excluding carboxylic acids is 1. The number of ether oxygens (including phenoxy) is 1. The van der Waals surface area contributed by atoms with E-state index in [-0.39, 0.29) is 30.9 Å². The van der Waals surface area contributed by atoms with Crippen LogP contribution in [0.25, 0.3) is 0 Å². The van der Waals surface area contributed by atoms with Crippen LogP contribution < -0.4 is 0 Å². The predicted molar refractivity (Wildman–Crippen MR) is 71.0 cm³/mol. The third-order valence-electron chi connectivity index (χ3n) is 2.59. The molecule has 0 spiro atoms. The first-order valence-corrected chi connectivity index (χ1v) is 5.84. The van der Waals surface area contributed by atoms with Crippen LogP contribution in [0.5, 0.6) is 0 Å². The molecule has 0 aliphatic rings. The van der Waals surface area contributed by atoms with Crippen LogP contribution in [0.15, 0.2) is 30.9 Å². The molecule has 0 unspecified atom stereocenters. The summed E-state index contributed by atoms with van der Waals surface area (Å²) in [7, 11) is 1.48. The monoisotopic (exact) mass is 282 g/mol. The van der Waals surface area contributed by atoms with Gasteiger partial charge in [-0.15, -0.1) is 6.58 Å². The van der Waals surface area contributed by atoms with Gasteiger partial charge < -0.3 is 9.64 Å². The highest BCUT2D eigenvalue weighted by atomic mass is 19.1. The summed E-state index contributed by atoms with van der Waals surface area (Å²) in [5.74, 6) is -1.43. The molecule has 1 aromatic rings. The summed E-state index contributed by atoms with van der Waals surface area (Å²) in [5, 5.41) is 10.7. The third kappa shape index (κ3) is 3.86. The molecule has 0 aromatic heterocycles. The average molecular weight is 282 g/mol. The molecule has 0 bridgehead atoms. The molecule has 0 saturated carbocycles. The van der Waals surface area contributed by atoms with Crippen molar-refractivity contribution in [1.82, 2.24) is 4.90 Å². The fourth-order valence-corrected chi connectivity index (χ4v) is 1.59. The Kier molecular flexibility index (Phi) is 5.79. The summed E-state index contributed by atoms with van der Waals surface area (Å²) in [6.07, 6.45) is 1.49.